The molecule has 6 nitrogen and oxygen atoms in total. The predicted octanol–water partition coefficient (Wildman–Crippen LogP) is 1.80. The summed E-state index contributed by atoms with van der Waals surface area (Å²) in [5, 5.41) is 1.03. The minimum atomic E-state index is -0.412. The molecule has 1 amide bonds. The highest BCUT2D eigenvalue weighted by molar-refractivity contribution is 5.86. The number of ether oxygens (including phenoxy) is 2. The van der Waals surface area contributed by atoms with Gasteiger partial charge in [0.15, 0.2) is 6.61 Å². The van der Waals surface area contributed by atoms with Crippen molar-refractivity contribution in [1.29, 1.82) is 0 Å². The van der Waals surface area contributed by atoms with E-state index in [1.165, 1.54) is 0 Å². The lowest BCUT2D eigenvalue weighted by Gasteiger charge is -2.26. The number of fused-ring (bicyclic) bond motifs is 1. The van der Waals surface area contributed by atoms with E-state index in [0.29, 0.717) is 26.3 Å². The molecular weight excluding hydrogens is 320 g/mol. The van der Waals surface area contributed by atoms with Crippen molar-refractivity contribution in [3.8, 4) is 0 Å². The first-order valence-electron chi connectivity index (χ1n) is 8.42. The van der Waals surface area contributed by atoms with E-state index in [1.54, 1.807) is 4.90 Å². The quantitative estimate of drug-likeness (QED) is 0.793. The molecule has 0 atom stereocenters. The molecule has 0 saturated carbocycles. The second kappa shape index (κ2) is 7.61. The van der Waals surface area contributed by atoms with Crippen LogP contribution in [0.1, 0.15) is 16.8 Å². The van der Waals surface area contributed by atoms with Crippen molar-refractivity contribution in [3.05, 3.63) is 41.1 Å². The van der Waals surface area contributed by atoms with Crippen molar-refractivity contribution in [2.45, 2.75) is 20.3 Å². The van der Waals surface area contributed by atoms with E-state index in [0.717, 1.165) is 27.7 Å². The lowest BCUT2D eigenvalue weighted by Crippen LogP contribution is -2.42. The fourth-order valence-corrected chi connectivity index (χ4v) is 3.07. The number of nitrogens with zero attached hydrogens (tertiary/aromatic N) is 2. The molecule has 1 aliphatic heterocycles. The summed E-state index contributed by atoms with van der Waals surface area (Å²) in [4.78, 5) is 30.5. The third kappa shape index (κ3) is 3.96. The zero-order valence-electron chi connectivity index (χ0n) is 14.6. The van der Waals surface area contributed by atoms with E-state index in [2.05, 4.69) is 4.98 Å². The van der Waals surface area contributed by atoms with Gasteiger partial charge in [-0.2, -0.15) is 0 Å². The van der Waals surface area contributed by atoms with Gasteiger partial charge in [-0.25, -0.2) is 0 Å². The Labute approximate surface area is 146 Å². The van der Waals surface area contributed by atoms with Gasteiger partial charge >= 0.3 is 5.97 Å². The Hall–Kier alpha value is -2.47. The normalized spacial score (nSPS) is 14.6. The second-order valence-corrected chi connectivity index (χ2v) is 6.15. The van der Waals surface area contributed by atoms with Crippen LogP contribution in [0.5, 0.6) is 0 Å². The van der Waals surface area contributed by atoms with Gasteiger partial charge in [0.1, 0.15) is 0 Å². The number of carbonyl (C=O) groups excluding carboxylic acids is 2. The number of pyridine rings is 1. The minimum Gasteiger partial charge on any atom is -0.455 e. The molecule has 1 saturated heterocycles. The van der Waals surface area contributed by atoms with Crippen molar-refractivity contribution >= 4 is 22.8 Å². The standard InChI is InChI=1S/C19H22N2O4/c1-13-15-5-3-4-6-17(15)20-14(2)16(13)11-19(23)25-12-18(22)21-7-9-24-10-8-21/h3-6H,7-12H2,1-2H3. The number of esters is 1. The Morgan fingerprint density at radius 1 is 1.20 bits per heavy atom. The average molecular weight is 342 g/mol. The molecule has 1 aliphatic rings. The van der Waals surface area contributed by atoms with Crippen LogP contribution >= 0.6 is 0 Å². The molecule has 1 aromatic carbocycles. The largest absolute Gasteiger partial charge is 0.455 e. The van der Waals surface area contributed by atoms with Crippen molar-refractivity contribution in [3.63, 3.8) is 0 Å². The minimum absolute atomic E-state index is 0.117. The molecule has 2 heterocycles. The van der Waals surface area contributed by atoms with Crippen molar-refractivity contribution in [1.82, 2.24) is 9.88 Å². The van der Waals surface area contributed by atoms with Crippen molar-refractivity contribution in [2.75, 3.05) is 32.9 Å². The molecule has 0 aliphatic carbocycles. The molecule has 0 unspecified atom stereocenters. The summed E-state index contributed by atoms with van der Waals surface area (Å²) < 4.78 is 10.4. The Kier molecular flexibility index (Phi) is 5.28. The summed E-state index contributed by atoms with van der Waals surface area (Å²) in [6, 6.07) is 7.85. The van der Waals surface area contributed by atoms with Gasteiger partial charge < -0.3 is 14.4 Å². The van der Waals surface area contributed by atoms with Crippen LogP contribution in [-0.2, 0) is 25.5 Å². The third-order valence-corrected chi connectivity index (χ3v) is 4.53. The number of hydrogen-bond acceptors (Lipinski definition) is 5. The van der Waals surface area contributed by atoms with Gasteiger partial charge in [0.25, 0.3) is 5.91 Å². The highest BCUT2D eigenvalue weighted by atomic mass is 16.5. The van der Waals surface area contributed by atoms with E-state index in [1.807, 2.05) is 38.1 Å². The smallest absolute Gasteiger partial charge is 0.310 e. The summed E-state index contributed by atoms with van der Waals surface area (Å²) in [5.41, 5.74) is 3.62. The number of morpholine rings is 1. The highest BCUT2D eigenvalue weighted by Gasteiger charge is 2.19. The van der Waals surface area contributed by atoms with Crippen LogP contribution in [0.15, 0.2) is 24.3 Å². The monoisotopic (exact) mass is 342 g/mol. The lowest BCUT2D eigenvalue weighted by molar-refractivity contribution is -0.153. The van der Waals surface area contributed by atoms with Gasteiger partial charge in [-0.15, -0.1) is 0 Å². The molecule has 132 valence electrons. The molecule has 2 aromatic rings. The summed E-state index contributed by atoms with van der Waals surface area (Å²) in [5.74, 6) is -0.591. The van der Waals surface area contributed by atoms with Gasteiger partial charge in [-0.3, -0.25) is 14.6 Å². The van der Waals surface area contributed by atoms with E-state index in [4.69, 9.17) is 9.47 Å². The fraction of sp³-hybridized carbons (Fsp3) is 0.421. The summed E-state index contributed by atoms with van der Waals surface area (Å²) in [7, 11) is 0. The summed E-state index contributed by atoms with van der Waals surface area (Å²) in [6.45, 7) is 5.80. The molecular formula is C19H22N2O4. The molecule has 0 bridgehead atoms. The number of aryl methyl sites for hydroxylation is 2. The highest BCUT2D eigenvalue weighted by Crippen LogP contribution is 2.23. The number of rotatable bonds is 4. The molecule has 0 spiro atoms. The van der Waals surface area contributed by atoms with Gasteiger partial charge in [0.2, 0.25) is 0 Å². The average Bonchev–Trinajstić information content (AvgIpc) is 2.64. The topological polar surface area (TPSA) is 68.7 Å². The summed E-state index contributed by atoms with van der Waals surface area (Å²) in [6.07, 6.45) is 0.117. The molecule has 6 heteroatoms. The van der Waals surface area contributed by atoms with Crippen LogP contribution in [-0.4, -0.2) is 54.7 Å². The van der Waals surface area contributed by atoms with Crippen molar-refractivity contribution < 1.29 is 19.1 Å². The van der Waals surface area contributed by atoms with Crippen LogP contribution in [0.25, 0.3) is 10.9 Å². The Balaban J connectivity index is 1.64. The maximum Gasteiger partial charge on any atom is 0.310 e. The van der Waals surface area contributed by atoms with E-state index in [-0.39, 0.29) is 18.9 Å². The van der Waals surface area contributed by atoms with Crippen LogP contribution in [0.4, 0.5) is 0 Å². The van der Waals surface area contributed by atoms with Gasteiger partial charge in [-0.1, -0.05) is 18.2 Å². The second-order valence-electron chi connectivity index (χ2n) is 6.15. The van der Waals surface area contributed by atoms with E-state index >= 15 is 0 Å². The van der Waals surface area contributed by atoms with Crippen LogP contribution < -0.4 is 0 Å². The number of amides is 1. The van der Waals surface area contributed by atoms with Crippen LogP contribution in [0.2, 0.25) is 0 Å². The molecule has 3 rings (SSSR count). The van der Waals surface area contributed by atoms with Gasteiger partial charge in [-0.05, 0) is 31.0 Å². The number of benzene rings is 1. The maximum atomic E-state index is 12.2. The van der Waals surface area contributed by atoms with E-state index < -0.39 is 5.97 Å². The van der Waals surface area contributed by atoms with Gasteiger partial charge in [0.05, 0.1) is 25.2 Å². The Morgan fingerprint density at radius 2 is 1.92 bits per heavy atom. The number of carbonyl (C=O) groups is 2. The molecule has 25 heavy (non-hydrogen) atoms. The third-order valence-electron chi connectivity index (χ3n) is 4.53. The number of aromatic nitrogens is 1. The number of hydrogen-bond donors (Lipinski definition) is 0. The maximum absolute atomic E-state index is 12.2. The first-order chi connectivity index (χ1) is 12.1. The van der Waals surface area contributed by atoms with Gasteiger partial charge in [0, 0.05) is 24.2 Å². The zero-order valence-corrected chi connectivity index (χ0v) is 14.6. The molecule has 0 radical (unpaired) electrons. The first kappa shape index (κ1) is 17.4. The molecule has 1 aromatic heterocycles. The lowest BCUT2D eigenvalue weighted by atomic mass is 10.00. The van der Waals surface area contributed by atoms with Crippen LogP contribution in [0, 0.1) is 13.8 Å². The van der Waals surface area contributed by atoms with Crippen molar-refractivity contribution in [2.24, 2.45) is 0 Å². The SMILES string of the molecule is Cc1nc2ccccc2c(C)c1CC(=O)OCC(=O)N1CCOCC1. The predicted molar refractivity (Wildman–Crippen MR) is 93.3 cm³/mol. The first-order valence-corrected chi connectivity index (χ1v) is 8.42. The Morgan fingerprint density at radius 3 is 2.68 bits per heavy atom. The Bertz CT molecular complexity index is 797. The zero-order chi connectivity index (χ0) is 17.8. The number of para-hydroxylation sites is 1. The van der Waals surface area contributed by atoms with Crippen LogP contribution in [0.3, 0.4) is 0 Å². The summed E-state index contributed by atoms with van der Waals surface area (Å²) >= 11 is 0. The molecule has 0 N–H and O–H groups in total. The van der Waals surface area contributed by atoms with E-state index in [9.17, 15) is 9.59 Å². The fourth-order valence-electron chi connectivity index (χ4n) is 3.07. The molecule has 1 fully saturated rings.